The molecule has 0 aliphatic rings. The third-order valence-electron chi connectivity index (χ3n) is 2.55. The Hall–Kier alpha value is -2.61. The Kier molecular flexibility index (Phi) is 2.99. The summed E-state index contributed by atoms with van der Waals surface area (Å²) in [6.07, 6.45) is 0. The monoisotopic (exact) mass is 293 g/mol. The second-order valence-electron chi connectivity index (χ2n) is 3.77. The zero-order chi connectivity index (χ0) is 14.1. The highest BCUT2D eigenvalue weighted by Crippen LogP contribution is 2.32. The van der Waals surface area contributed by atoms with E-state index in [4.69, 9.17) is 26.6 Å². The summed E-state index contributed by atoms with van der Waals surface area (Å²) in [6, 6.07) is 5.07. The number of nitrogens with zero attached hydrogens (tertiary/aromatic N) is 4. The van der Waals surface area contributed by atoms with Crippen molar-refractivity contribution in [2.75, 3.05) is 12.8 Å². The van der Waals surface area contributed by atoms with Gasteiger partial charge in [-0.1, -0.05) is 16.8 Å². The van der Waals surface area contributed by atoms with Crippen molar-refractivity contribution >= 4 is 17.4 Å². The Labute approximate surface area is 117 Å². The molecule has 0 fully saturated rings. The summed E-state index contributed by atoms with van der Waals surface area (Å²) >= 11 is 5.90. The first-order valence-corrected chi connectivity index (χ1v) is 5.83. The fourth-order valence-corrected chi connectivity index (χ4v) is 1.78. The second-order valence-corrected chi connectivity index (χ2v) is 4.20. The van der Waals surface area contributed by atoms with Crippen molar-refractivity contribution in [2.45, 2.75) is 0 Å². The molecule has 2 heterocycles. The molecule has 0 saturated carbocycles. The molecular formula is C11H8ClN5O3. The first-order valence-electron chi connectivity index (χ1n) is 5.45. The van der Waals surface area contributed by atoms with E-state index in [1.54, 1.807) is 18.2 Å². The van der Waals surface area contributed by atoms with Crippen molar-refractivity contribution in [1.29, 1.82) is 0 Å². The molecule has 3 aromatic rings. The number of benzene rings is 1. The average Bonchev–Trinajstić information content (AvgIpc) is 3.07. The maximum Gasteiger partial charge on any atom is 0.284 e. The van der Waals surface area contributed by atoms with Crippen LogP contribution in [0.5, 0.6) is 5.75 Å². The molecule has 0 saturated heterocycles. The molecule has 20 heavy (non-hydrogen) atoms. The van der Waals surface area contributed by atoms with Crippen LogP contribution in [-0.2, 0) is 0 Å². The van der Waals surface area contributed by atoms with E-state index in [1.807, 2.05) is 0 Å². The maximum atomic E-state index is 5.90. The summed E-state index contributed by atoms with van der Waals surface area (Å²) < 4.78 is 14.8. The van der Waals surface area contributed by atoms with Crippen molar-refractivity contribution < 1.29 is 13.9 Å². The van der Waals surface area contributed by atoms with Crippen LogP contribution in [0.4, 0.5) is 5.82 Å². The lowest BCUT2D eigenvalue weighted by Crippen LogP contribution is -1.90. The number of halogens is 1. The molecule has 0 atom stereocenters. The molecule has 2 aromatic heterocycles. The second kappa shape index (κ2) is 4.82. The number of hydrogen-bond donors (Lipinski definition) is 1. The summed E-state index contributed by atoms with van der Waals surface area (Å²) in [4.78, 5) is 4.18. The van der Waals surface area contributed by atoms with E-state index in [9.17, 15) is 0 Å². The van der Waals surface area contributed by atoms with Gasteiger partial charge in [0.25, 0.3) is 5.89 Å². The van der Waals surface area contributed by atoms with Crippen LogP contribution in [0.2, 0.25) is 5.02 Å². The lowest BCUT2D eigenvalue weighted by atomic mass is 10.2. The van der Waals surface area contributed by atoms with Crippen molar-refractivity contribution in [1.82, 2.24) is 20.5 Å². The normalized spacial score (nSPS) is 10.7. The van der Waals surface area contributed by atoms with Gasteiger partial charge < -0.3 is 15.0 Å². The van der Waals surface area contributed by atoms with Crippen molar-refractivity contribution in [3.63, 3.8) is 0 Å². The van der Waals surface area contributed by atoms with Gasteiger partial charge in [0.2, 0.25) is 17.3 Å². The number of aromatic nitrogens is 4. The fraction of sp³-hybridized carbons (Fsp3) is 0.0909. The quantitative estimate of drug-likeness (QED) is 0.780. The van der Waals surface area contributed by atoms with Crippen molar-refractivity contribution in [3.8, 4) is 28.7 Å². The molecule has 8 nitrogen and oxygen atoms in total. The number of anilines is 1. The van der Waals surface area contributed by atoms with Gasteiger partial charge in [-0.25, -0.2) is 4.63 Å². The molecule has 9 heteroatoms. The lowest BCUT2D eigenvalue weighted by molar-refractivity contribution is 0.308. The third kappa shape index (κ3) is 2.05. The van der Waals surface area contributed by atoms with Gasteiger partial charge >= 0.3 is 0 Å². The van der Waals surface area contributed by atoms with Crippen LogP contribution >= 0.6 is 11.6 Å². The smallest absolute Gasteiger partial charge is 0.284 e. The van der Waals surface area contributed by atoms with Crippen LogP contribution in [0.3, 0.4) is 0 Å². The lowest BCUT2D eigenvalue weighted by Gasteiger charge is -2.04. The van der Waals surface area contributed by atoms with Crippen LogP contribution in [0.15, 0.2) is 27.4 Å². The third-order valence-corrected chi connectivity index (χ3v) is 2.78. The van der Waals surface area contributed by atoms with Crippen LogP contribution in [0.25, 0.3) is 23.0 Å². The fourth-order valence-electron chi connectivity index (χ4n) is 1.62. The average molecular weight is 294 g/mol. The highest BCUT2D eigenvalue weighted by molar-refractivity contribution is 6.30. The molecule has 102 valence electrons. The van der Waals surface area contributed by atoms with E-state index in [2.05, 4.69) is 25.1 Å². The minimum Gasteiger partial charge on any atom is -0.496 e. The molecule has 0 aliphatic heterocycles. The molecular weight excluding hydrogens is 286 g/mol. The highest BCUT2D eigenvalue weighted by atomic mass is 35.5. The number of ether oxygens (including phenoxy) is 1. The summed E-state index contributed by atoms with van der Waals surface area (Å²) in [5.74, 6) is 1.02. The number of nitrogen functional groups attached to an aromatic ring is 1. The van der Waals surface area contributed by atoms with Gasteiger partial charge in [0.15, 0.2) is 0 Å². The van der Waals surface area contributed by atoms with Crippen LogP contribution in [0, 0.1) is 0 Å². The van der Waals surface area contributed by atoms with Crippen molar-refractivity contribution in [3.05, 3.63) is 23.2 Å². The van der Waals surface area contributed by atoms with Gasteiger partial charge in [-0.05, 0) is 28.5 Å². The molecule has 0 bridgehead atoms. The number of hydrogen-bond acceptors (Lipinski definition) is 8. The van der Waals surface area contributed by atoms with Crippen LogP contribution < -0.4 is 10.5 Å². The summed E-state index contributed by atoms with van der Waals surface area (Å²) in [5.41, 5.74) is 6.38. The predicted molar refractivity (Wildman–Crippen MR) is 69.0 cm³/mol. The predicted octanol–water partition coefficient (Wildman–Crippen LogP) is 2.03. The molecule has 2 N–H and O–H groups in total. The van der Waals surface area contributed by atoms with E-state index in [1.165, 1.54) is 7.11 Å². The van der Waals surface area contributed by atoms with Crippen molar-refractivity contribution in [2.24, 2.45) is 0 Å². The van der Waals surface area contributed by atoms with E-state index in [-0.39, 0.29) is 17.4 Å². The first kappa shape index (κ1) is 12.4. The molecule has 0 unspecified atom stereocenters. The molecule has 1 aromatic carbocycles. The summed E-state index contributed by atoms with van der Waals surface area (Å²) in [7, 11) is 1.52. The Morgan fingerprint density at radius 3 is 2.80 bits per heavy atom. The van der Waals surface area contributed by atoms with Crippen LogP contribution in [-0.4, -0.2) is 27.6 Å². The number of methoxy groups -OCH3 is 1. The minimum atomic E-state index is 0.0725. The van der Waals surface area contributed by atoms with Gasteiger partial charge in [-0.2, -0.15) is 4.98 Å². The Balaban J connectivity index is 2.05. The van der Waals surface area contributed by atoms with Gasteiger partial charge in [0.05, 0.1) is 12.7 Å². The number of rotatable bonds is 3. The van der Waals surface area contributed by atoms with E-state index in [0.29, 0.717) is 22.2 Å². The standard InChI is InChI=1S/C11H8ClN5O3/c1-18-7-4-5(12)2-3-6(7)10-14-11(19-17-10)8-9(13)16-20-15-8/h2-4H,1H3,(H2,13,16). The Morgan fingerprint density at radius 1 is 1.25 bits per heavy atom. The number of nitrogens with two attached hydrogens (primary N) is 1. The topological polar surface area (TPSA) is 113 Å². The van der Waals surface area contributed by atoms with Crippen LogP contribution in [0.1, 0.15) is 0 Å². The van der Waals surface area contributed by atoms with Gasteiger partial charge in [0.1, 0.15) is 5.75 Å². The molecule has 0 amide bonds. The SMILES string of the molecule is COc1cc(Cl)ccc1-c1noc(-c2nonc2N)n1. The van der Waals surface area contributed by atoms with Gasteiger partial charge in [-0.3, -0.25) is 0 Å². The summed E-state index contributed by atoms with van der Waals surface area (Å²) in [6.45, 7) is 0. The van der Waals surface area contributed by atoms with E-state index in [0.717, 1.165) is 0 Å². The maximum absolute atomic E-state index is 5.90. The largest absolute Gasteiger partial charge is 0.496 e. The molecule has 0 spiro atoms. The zero-order valence-electron chi connectivity index (χ0n) is 10.2. The zero-order valence-corrected chi connectivity index (χ0v) is 11.0. The molecule has 0 radical (unpaired) electrons. The van der Waals surface area contributed by atoms with Gasteiger partial charge in [-0.15, -0.1) is 0 Å². The first-order chi connectivity index (χ1) is 9.69. The van der Waals surface area contributed by atoms with Gasteiger partial charge in [0, 0.05) is 5.02 Å². The van der Waals surface area contributed by atoms with E-state index >= 15 is 0 Å². The molecule has 3 rings (SSSR count). The van der Waals surface area contributed by atoms with E-state index < -0.39 is 0 Å². The molecule has 0 aliphatic carbocycles. The summed E-state index contributed by atoms with van der Waals surface area (Å²) in [5, 5.41) is 11.4. The minimum absolute atomic E-state index is 0.0725. The Morgan fingerprint density at radius 2 is 2.10 bits per heavy atom. The Bertz CT molecular complexity index is 754. The highest BCUT2D eigenvalue weighted by Gasteiger charge is 2.19.